The van der Waals surface area contributed by atoms with Crippen LogP contribution in [0.25, 0.3) is 0 Å². The first-order valence-corrected chi connectivity index (χ1v) is 7.43. The van der Waals surface area contributed by atoms with Crippen LogP contribution in [0.15, 0.2) is 18.2 Å². The lowest BCUT2D eigenvalue weighted by atomic mass is 9.98. The van der Waals surface area contributed by atoms with Crippen molar-refractivity contribution in [3.63, 3.8) is 0 Å². The summed E-state index contributed by atoms with van der Waals surface area (Å²) in [5.41, 5.74) is 6.13. The van der Waals surface area contributed by atoms with Crippen LogP contribution in [0.3, 0.4) is 0 Å². The topological polar surface area (TPSA) is 29.3 Å². The molecule has 0 aliphatic heterocycles. The minimum atomic E-state index is -4.35. The van der Waals surface area contributed by atoms with Gasteiger partial charge in [0.2, 0.25) is 0 Å². The number of hydrogen-bond acceptors (Lipinski definition) is 2. The maximum absolute atomic E-state index is 13.3. The van der Waals surface area contributed by atoms with E-state index in [0.717, 1.165) is 0 Å². The molecule has 0 aromatic heterocycles. The van der Waals surface area contributed by atoms with Gasteiger partial charge in [0.25, 0.3) is 0 Å². The molecule has 5 heteroatoms. The number of hydrogen-bond donors (Lipinski definition) is 1. The van der Waals surface area contributed by atoms with Crippen LogP contribution >= 0.6 is 0 Å². The van der Waals surface area contributed by atoms with Crippen LogP contribution in [0.4, 0.5) is 18.9 Å². The fraction of sp³-hybridized carbons (Fsp3) is 0.625. The van der Waals surface area contributed by atoms with Crippen molar-refractivity contribution in [3.8, 4) is 0 Å². The molecule has 0 aliphatic carbocycles. The maximum atomic E-state index is 13.3. The van der Waals surface area contributed by atoms with E-state index in [1.165, 1.54) is 6.07 Å². The van der Waals surface area contributed by atoms with Crippen molar-refractivity contribution in [1.82, 2.24) is 0 Å². The van der Waals surface area contributed by atoms with Crippen LogP contribution in [0.5, 0.6) is 0 Å². The summed E-state index contributed by atoms with van der Waals surface area (Å²) in [6.07, 6.45) is -3.44. The molecule has 0 bridgehead atoms. The molecular weight excluding hydrogens is 277 g/mol. The predicted molar refractivity (Wildman–Crippen MR) is 81.6 cm³/mol. The van der Waals surface area contributed by atoms with Crippen molar-refractivity contribution < 1.29 is 13.2 Å². The molecule has 1 rings (SSSR count). The summed E-state index contributed by atoms with van der Waals surface area (Å²) in [4.78, 5) is 1.94. The second-order valence-corrected chi connectivity index (χ2v) is 5.59. The largest absolute Gasteiger partial charge is 0.416 e. The minimum Gasteiger partial charge on any atom is -0.369 e. The molecule has 120 valence electrons. The Hall–Kier alpha value is -1.23. The van der Waals surface area contributed by atoms with Gasteiger partial charge >= 0.3 is 6.18 Å². The van der Waals surface area contributed by atoms with Crippen molar-refractivity contribution in [1.29, 1.82) is 0 Å². The van der Waals surface area contributed by atoms with Gasteiger partial charge in [-0.2, -0.15) is 13.2 Å². The summed E-state index contributed by atoms with van der Waals surface area (Å²) < 4.78 is 39.9. The molecule has 21 heavy (non-hydrogen) atoms. The van der Waals surface area contributed by atoms with Crippen LogP contribution in [0.1, 0.15) is 45.2 Å². The van der Waals surface area contributed by atoms with E-state index in [1.807, 2.05) is 32.6 Å². The Morgan fingerprint density at radius 2 is 1.81 bits per heavy atom. The number of nitrogens with two attached hydrogens (primary N) is 1. The van der Waals surface area contributed by atoms with Gasteiger partial charge in [-0.1, -0.05) is 13.0 Å². The molecule has 0 radical (unpaired) electrons. The van der Waals surface area contributed by atoms with Crippen molar-refractivity contribution in [2.45, 2.75) is 58.8 Å². The monoisotopic (exact) mass is 302 g/mol. The third kappa shape index (κ3) is 4.63. The van der Waals surface area contributed by atoms with Gasteiger partial charge < -0.3 is 10.6 Å². The van der Waals surface area contributed by atoms with Gasteiger partial charge in [-0.05, 0) is 51.3 Å². The Balaban J connectivity index is 3.24. The highest BCUT2D eigenvalue weighted by atomic mass is 19.4. The molecule has 2 nitrogen and oxygen atoms in total. The lowest BCUT2D eigenvalue weighted by Crippen LogP contribution is -2.31. The third-order valence-corrected chi connectivity index (χ3v) is 3.70. The molecule has 2 N–H and O–H groups in total. The molecule has 0 saturated carbocycles. The van der Waals surface area contributed by atoms with Crippen LogP contribution in [-0.4, -0.2) is 18.6 Å². The molecule has 0 aliphatic rings. The molecule has 1 atom stereocenters. The van der Waals surface area contributed by atoms with Gasteiger partial charge in [0.05, 0.1) is 5.56 Å². The maximum Gasteiger partial charge on any atom is 0.416 e. The standard InChI is InChI=1S/C16H25F3N2/c1-5-13(20)9-12-7-8-14(21(6-2)11(3)4)10-15(12)16(17,18)19/h7-8,10-11,13H,5-6,9,20H2,1-4H3. The second kappa shape index (κ2) is 7.16. The highest BCUT2D eigenvalue weighted by Gasteiger charge is 2.34. The quantitative estimate of drug-likeness (QED) is 0.852. The molecule has 1 unspecified atom stereocenters. The first-order chi connectivity index (χ1) is 9.70. The minimum absolute atomic E-state index is 0.153. The zero-order valence-corrected chi connectivity index (χ0v) is 13.2. The Morgan fingerprint density at radius 1 is 1.19 bits per heavy atom. The smallest absolute Gasteiger partial charge is 0.369 e. The molecule has 0 spiro atoms. The molecule has 0 amide bonds. The molecule has 0 saturated heterocycles. The molecular formula is C16H25F3N2. The Labute approximate surface area is 125 Å². The highest BCUT2D eigenvalue weighted by Crippen LogP contribution is 2.35. The number of rotatable bonds is 6. The van der Waals surface area contributed by atoms with E-state index >= 15 is 0 Å². The Bertz CT molecular complexity index is 455. The lowest BCUT2D eigenvalue weighted by molar-refractivity contribution is -0.138. The van der Waals surface area contributed by atoms with Crippen molar-refractivity contribution in [2.75, 3.05) is 11.4 Å². The van der Waals surface area contributed by atoms with Crippen LogP contribution in [0, 0.1) is 0 Å². The van der Waals surface area contributed by atoms with Crippen LogP contribution in [0.2, 0.25) is 0 Å². The van der Waals surface area contributed by atoms with E-state index in [0.29, 0.717) is 18.7 Å². The zero-order chi connectivity index (χ0) is 16.2. The van der Waals surface area contributed by atoms with Crippen LogP contribution in [-0.2, 0) is 12.6 Å². The Kier molecular flexibility index (Phi) is 6.08. The second-order valence-electron chi connectivity index (χ2n) is 5.59. The zero-order valence-electron chi connectivity index (χ0n) is 13.2. The van der Waals surface area contributed by atoms with Gasteiger partial charge in [-0.25, -0.2) is 0 Å². The number of nitrogens with zero attached hydrogens (tertiary/aromatic N) is 1. The van der Waals surface area contributed by atoms with Gasteiger partial charge in [0.1, 0.15) is 0 Å². The summed E-state index contributed by atoms with van der Waals surface area (Å²) >= 11 is 0. The summed E-state index contributed by atoms with van der Waals surface area (Å²) in [7, 11) is 0. The average Bonchev–Trinajstić information content (AvgIpc) is 2.39. The van der Waals surface area contributed by atoms with E-state index in [4.69, 9.17) is 5.73 Å². The highest BCUT2D eigenvalue weighted by molar-refractivity contribution is 5.52. The van der Waals surface area contributed by atoms with Gasteiger partial charge in [0.15, 0.2) is 0 Å². The van der Waals surface area contributed by atoms with E-state index in [9.17, 15) is 13.2 Å². The van der Waals surface area contributed by atoms with E-state index in [-0.39, 0.29) is 24.1 Å². The SMILES string of the molecule is CCC(N)Cc1ccc(N(CC)C(C)C)cc1C(F)(F)F. The fourth-order valence-electron chi connectivity index (χ4n) is 2.46. The first-order valence-electron chi connectivity index (χ1n) is 7.43. The average molecular weight is 302 g/mol. The summed E-state index contributed by atoms with van der Waals surface area (Å²) in [5.74, 6) is 0. The predicted octanol–water partition coefficient (Wildman–Crippen LogP) is 4.22. The van der Waals surface area contributed by atoms with Gasteiger partial charge in [-0.3, -0.25) is 0 Å². The van der Waals surface area contributed by atoms with Gasteiger partial charge in [-0.15, -0.1) is 0 Å². The molecule has 0 heterocycles. The summed E-state index contributed by atoms with van der Waals surface area (Å²) in [5, 5.41) is 0. The number of benzene rings is 1. The van der Waals surface area contributed by atoms with E-state index in [1.54, 1.807) is 12.1 Å². The number of halogens is 3. The van der Waals surface area contributed by atoms with Crippen LogP contribution < -0.4 is 10.6 Å². The fourth-order valence-corrected chi connectivity index (χ4v) is 2.46. The summed E-state index contributed by atoms with van der Waals surface area (Å²) in [6.45, 7) is 8.43. The van der Waals surface area contributed by atoms with Crippen molar-refractivity contribution >= 4 is 5.69 Å². The lowest BCUT2D eigenvalue weighted by Gasteiger charge is -2.29. The number of anilines is 1. The van der Waals surface area contributed by atoms with E-state index in [2.05, 4.69) is 0 Å². The van der Waals surface area contributed by atoms with Crippen molar-refractivity contribution in [3.05, 3.63) is 29.3 Å². The van der Waals surface area contributed by atoms with Gasteiger partial charge in [0, 0.05) is 24.3 Å². The molecule has 1 aromatic carbocycles. The van der Waals surface area contributed by atoms with E-state index < -0.39 is 11.7 Å². The van der Waals surface area contributed by atoms with Crippen molar-refractivity contribution in [2.24, 2.45) is 5.73 Å². The first kappa shape index (κ1) is 17.8. The third-order valence-electron chi connectivity index (χ3n) is 3.70. The Morgan fingerprint density at radius 3 is 2.24 bits per heavy atom. The molecule has 0 fully saturated rings. The summed E-state index contributed by atoms with van der Waals surface area (Å²) in [6, 6.07) is 4.49. The number of alkyl halides is 3. The normalized spacial score (nSPS) is 13.6. The molecule has 1 aromatic rings.